The molecule has 0 aromatic carbocycles. The van der Waals surface area contributed by atoms with Crippen molar-refractivity contribution in [2.75, 3.05) is 36.6 Å². The molecule has 1 aromatic rings. The number of hydrogen-bond acceptors (Lipinski definition) is 6. The van der Waals surface area contributed by atoms with Crippen LogP contribution in [0, 0.1) is 0 Å². The van der Waals surface area contributed by atoms with E-state index in [1.54, 1.807) is 13.4 Å². The van der Waals surface area contributed by atoms with Gasteiger partial charge in [0.2, 0.25) is 5.75 Å². The fourth-order valence-electron chi connectivity index (χ4n) is 2.24. The first-order chi connectivity index (χ1) is 9.85. The third-order valence-corrected chi connectivity index (χ3v) is 4.72. The number of ether oxygens (including phenoxy) is 1. The molecule has 1 atom stereocenters. The van der Waals surface area contributed by atoms with Crippen LogP contribution in [0.5, 0.6) is 5.75 Å². The number of nitrogens with one attached hydrogen (secondary N) is 2. The van der Waals surface area contributed by atoms with Crippen LogP contribution in [0.1, 0.15) is 32.6 Å². The van der Waals surface area contributed by atoms with Crippen molar-refractivity contribution in [3.05, 3.63) is 6.33 Å². The normalized spacial score (nSPS) is 18.6. The van der Waals surface area contributed by atoms with Gasteiger partial charge in [-0.3, -0.25) is 0 Å². The summed E-state index contributed by atoms with van der Waals surface area (Å²) in [6.45, 7) is 3.94. The molecular weight excluding hydrogens is 272 g/mol. The maximum Gasteiger partial charge on any atom is 0.204 e. The van der Waals surface area contributed by atoms with Crippen LogP contribution in [0.15, 0.2) is 6.33 Å². The lowest BCUT2D eigenvalue weighted by molar-refractivity contribution is 0.414. The van der Waals surface area contributed by atoms with E-state index in [1.807, 2.05) is 0 Å². The van der Waals surface area contributed by atoms with Gasteiger partial charge in [-0.05, 0) is 25.0 Å². The lowest BCUT2D eigenvalue weighted by Crippen LogP contribution is -2.21. The average Bonchev–Trinajstić information content (AvgIpc) is 2.51. The predicted molar refractivity (Wildman–Crippen MR) is 86.0 cm³/mol. The van der Waals surface area contributed by atoms with Crippen molar-refractivity contribution in [2.24, 2.45) is 0 Å². The Bertz CT molecular complexity index is 410. The molecule has 1 fully saturated rings. The highest BCUT2D eigenvalue weighted by atomic mass is 32.2. The first-order valence-corrected chi connectivity index (χ1v) is 8.38. The van der Waals surface area contributed by atoms with E-state index in [0.717, 1.165) is 31.1 Å². The van der Waals surface area contributed by atoms with E-state index in [4.69, 9.17) is 4.74 Å². The van der Waals surface area contributed by atoms with Gasteiger partial charge in [0.25, 0.3) is 0 Å². The highest BCUT2D eigenvalue weighted by Crippen LogP contribution is 2.30. The molecule has 2 N–H and O–H groups in total. The Morgan fingerprint density at radius 1 is 1.30 bits per heavy atom. The number of thioether (sulfide) groups is 1. The molecule has 2 heterocycles. The van der Waals surface area contributed by atoms with Crippen molar-refractivity contribution in [1.82, 2.24) is 9.97 Å². The van der Waals surface area contributed by atoms with Crippen LogP contribution in [-0.4, -0.2) is 41.2 Å². The molecule has 0 saturated carbocycles. The third-order valence-electron chi connectivity index (χ3n) is 3.32. The van der Waals surface area contributed by atoms with Gasteiger partial charge >= 0.3 is 0 Å². The zero-order valence-electron chi connectivity index (χ0n) is 12.3. The first-order valence-electron chi connectivity index (χ1n) is 7.33. The van der Waals surface area contributed by atoms with Gasteiger partial charge < -0.3 is 15.4 Å². The predicted octanol–water partition coefficient (Wildman–Crippen LogP) is 3.00. The van der Waals surface area contributed by atoms with E-state index >= 15 is 0 Å². The highest BCUT2D eigenvalue weighted by molar-refractivity contribution is 7.99. The van der Waals surface area contributed by atoms with Gasteiger partial charge in [0.1, 0.15) is 6.33 Å². The number of rotatable bonds is 7. The zero-order valence-corrected chi connectivity index (χ0v) is 13.1. The lowest BCUT2D eigenvalue weighted by Gasteiger charge is -2.22. The molecule has 1 unspecified atom stereocenters. The molecule has 112 valence electrons. The van der Waals surface area contributed by atoms with Gasteiger partial charge in [-0.25, -0.2) is 9.97 Å². The summed E-state index contributed by atoms with van der Waals surface area (Å²) in [7, 11) is 1.66. The molecule has 0 radical (unpaired) electrons. The third kappa shape index (κ3) is 4.16. The van der Waals surface area contributed by atoms with Crippen LogP contribution in [0.4, 0.5) is 11.6 Å². The number of nitrogens with zero attached hydrogens (tertiary/aromatic N) is 2. The van der Waals surface area contributed by atoms with Gasteiger partial charge in [0.05, 0.1) is 7.11 Å². The molecule has 0 bridgehead atoms. The van der Waals surface area contributed by atoms with E-state index in [0.29, 0.717) is 11.0 Å². The minimum atomic E-state index is 0.676. The molecule has 1 saturated heterocycles. The molecule has 1 aliphatic rings. The minimum Gasteiger partial charge on any atom is -0.490 e. The Balaban J connectivity index is 1.98. The maximum atomic E-state index is 5.46. The van der Waals surface area contributed by atoms with Gasteiger partial charge in [0, 0.05) is 18.3 Å². The summed E-state index contributed by atoms with van der Waals surface area (Å²) < 4.78 is 5.46. The molecule has 1 aromatic heterocycles. The highest BCUT2D eigenvalue weighted by Gasteiger charge is 2.16. The fourth-order valence-corrected chi connectivity index (χ4v) is 3.48. The summed E-state index contributed by atoms with van der Waals surface area (Å²) in [4.78, 5) is 8.56. The maximum absolute atomic E-state index is 5.46. The largest absolute Gasteiger partial charge is 0.490 e. The molecule has 0 spiro atoms. The van der Waals surface area contributed by atoms with Crippen LogP contribution in [-0.2, 0) is 0 Å². The van der Waals surface area contributed by atoms with E-state index < -0.39 is 0 Å². The van der Waals surface area contributed by atoms with Crippen LogP contribution in [0.3, 0.4) is 0 Å². The van der Waals surface area contributed by atoms with Crippen LogP contribution < -0.4 is 15.4 Å². The Labute approximate surface area is 125 Å². The van der Waals surface area contributed by atoms with Crippen molar-refractivity contribution in [3.63, 3.8) is 0 Å². The van der Waals surface area contributed by atoms with Gasteiger partial charge in [0.15, 0.2) is 11.6 Å². The summed E-state index contributed by atoms with van der Waals surface area (Å²) >= 11 is 2.05. The van der Waals surface area contributed by atoms with E-state index in [2.05, 4.69) is 39.3 Å². The summed E-state index contributed by atoms with van der Waals surface area (Å²) in [6, 6.07) is 0. The SMILES string of the molecule is CCCNc1ncnc(NCC2CCCCS2)c1OC. The molecule has 2 rings (SSSR count). The van der Waals surface area contributed by atoms with Crippen LogP contribution in [0.2, 0.25) is 0 Å². The van der Waals surface area contributed by atoms with Crippen molar-refractivity contribution in [2.45, 2.75) is 37.9 Å². The van der Waals surface area contributed by atoms with Crippen LogP contribution in [0.25, 0.3) is 0 Å². The Morgan fingerprint density at radius 3 is 2.75 bits per heavy atom. The van der Waals surface area contributed by atoms with Crippen molar-refractivity contribution < 1.29 is 4.74 Å². The second-order valence-electron chi connectivity index (χ2n) is 4.90. The molecule has 6 heteroatoms. The molecule has 0 amide bonds. The Morgan fingerprint density at radius 2 is 2.10 bits per heavy atom. The van der Waals surface area contributed by atoms with Gasteiger partial charge in [-0.1, -0.05) is 13.3 Å². The number of aromatic nitrogens is 2. The quantitative estimate of drug-likeness (QED) is 0.806. The summed E-state index contributed by atoms with van der Waals surface area (Å²) in [6.07, 6.45) is 6.60. The lowest BCUT2D eigenvalue weighted by atomic mass is 10.2. The standard InChI is InChI=1S/C14H24N4OS/c1-3-7-15-13-12(19-2)14(18-10-17-13)16-9-11-6-4-5-8-20-11/h10-11H,3-9H2,1-2H3,(H2,15,16,17,18). The second-order valence-corrected chi connectivity index (χ2v) is 6.31. The molecule has 20 heavy (non-hydrogen) atoms. The van der Waals surface area contributed by atoms with Crippen molar-refractivity contribution in [1.29, 1.82) is 0 Å². The average molecular weight is 296 g/mol. The first kappa shape index (κ1) is 15.2. The number of hydrogen-bond donors (Lipinski definition) is 2. The van der Waals surface area contributed by atoms with Crippen molar-refractivity contribution >= 4 is 23.4 Å². The molecule has 5 nitrogen and oxygen atoms in total. The molecular formula is C14H24N4OS. The summed E-state index contributed by atoms with van der Waals surface area (Å²) in [5, 5.41) is 7.36. The molecule has 0 aliphatic carbocycles. The number of methoxy groups -OCH3 is 1. The monoisotopic (exact) mass is 296 g/mol. The summed E-state index contributed by atoms with van der Waals surface area (Å²) in [5.74, 6) is 3.54. The van der Waals surface area contributed by atoms with Crippen LogP contribution >= 0.6 is 11.8 Å². The number of anilines is 2. The van der Waals surface area contributed by atoms with E-state index in [-0.39, 0.29) is 0 Å². The van der Waals surface area contributed by atoms with Gasteiger partial charge in [-0.2, -0.15) is 11.8 Å². The smallest absolute Gasteiger partial charge is 0.204 e. The second kappa shape index (κ2) is 8.19. The van der Waals surface area contributed by atoms with E-state index in [9.17, 15) is 0 Å². The van der Waals surface area contributed by atoms with Gasteiger partial charge in [-0.15, -0.1) is 0 Å². The Hall–Kier alpha value is -1.17. The van der Waals surface area contributed by atoms with E-state index in [1.165, 1.54) is 25.0 Å². The topological polar surface area (TPSA) is 59.1 Å². The minimum absolute atomic E-state index is 0.676. The fraction of sp³-hybridized carbons (Fsp3) is 0.714. The zero-order chi connectivity index (χ0) is 14.2. The summed E-state index contributed by atoms with van der Waals surface area (Å²) in [5.41, 5.74) is 0. The van der Waals surface area contributed by atoms with Crippen molar-refractivity contribution in [3.8, 4) is 5.75 Å². The molecule has 1 aliphatic heterocycles. The Kier molecular flexibility index (Phi) is 6.24.